The largest absolute Gasteiger partial charge is 0.377 e. The normalized spacial score (nSPS) is 19.5. The summed E-state index contributed by atoms with van der Waals surface area (Å²) in [7, 11) is 0. The maximum absolute atomic E-state index is 13.3. The SMILES string of the molecule is CC1CN(C(=O)c2cc(F)ccc2[N+](=O)[O-])CCCO1. The van der Waals surface area contributed by atoms with Crippen molar-refractivity contribution < 1.29 is 18.8 Å². The third-order valence-electron chi connectivity index (χ3n) is 3.13. The average Bonchev–Trinajstić information content (AvgIpc) is 2.62. The fourth-order valence-corrected chi connectivity index (χ4v) is 2.19. The van der Waals surface area contributed by atoms with Gasteiger partial charge < -0.3 is 9.64 Å². The summed E-state index contributed by atoms with van der Waals surface area (Å²) >= 11 is 0. The highest BCUT2D eigenvalue weighted by molar-refractivity contribution is 5.98. The van der Waals surface area contributed by atoms with Crippen LogP contribution in [0, 0.1) is 15.9 Å². The first-order valence-corrected chi connectivity index (χ1v) is 6.34. The maximum atomic E-state index is 13.3. The summed E-state index contributed by atoms with van der Waals surface area (Å²) in [4.78, 5) is 24.1. The third kappa shape index (κ3) is 3.11. The molecule has 1 aliphatic heterocycles. The van der Waals surface area contributed by atoms with Gasteiger partial charge in [-0.1, -0.05) is 0 Å². The molecule has 1 aromatic carbocycles. The molecular formula is C13H15FN2O4. The van der Waals surface area contributed by atoms with Gasteiger partial charge in [-0.25, -0.2) is 4.39 Å². The van der Waals surface area contributed by atoms with Crippen LogP contribution in [0.25, 0.3) is 0 Å². The Labute approximate surface area is 115 Å². The summed E-state index contributed by atoms with van der Waals surface area (Å²) < 4.78 is 18.7. The van der Waals surface area contributed by atoms with E-state index in [4.69, 9.17) is 4.74 Å². The Kier molecular flexibility index (Phi) is 4.29. The van der Waals surface area contributed by atoms with E-state index < -0.39 is 16.6 Å². The minimum atomic E-state index is -0.676. The number of nitro benzene ring substituents is 1. The first kappa shape index (κ1) is 14.4. The molecule has 1 fully saturated rings. The lowest BCUT2D eigenvalue weighted by atomic mass is 10.1. The third-order valence-corrected chi connectivity index (χ3v) is 3.13. The number of hydrogen-bond acceptors (Lipinski definition) is 4. The number of nitrogens with zero attached hydrogens (tertiary/aromatic N) is 2. The molecule has 0 N–H and O–H groups in total. The molecule has 6 nitrogen and oxygen atoms in total. The van der Waals surface area contributed by atoms with Crippen LogP contribution in [0.15, 0.2) is 18.2 Å². The molecule has 1 aliphatic rings. The molecule has 0 radical (unpaired) electrons. The lowest BCUT2D eigenvalue weighted by Gasteiger charge is -2.22. The maximum Gasteiger partial charge on any atom is 0.282 e. The highest BCUT2D eigenvalue weighted by Crippen LogP contribution is 2.22. The molecule has 108 valence electrons. The van der Waals surface area contributed by atoms with Gasteiger partial charge >= 0.3 is 0 Å². The Bertz CT molecular complexity index is 535. The number of amides is 1. The molecule has 7 heteroatoms. The number of halogens is 1. The minimum absolute atomic E-state index is 0.144. The van der Waals surface area contributed by atoms with Crippen LogP contribution in [0.3, 0.4) is 0 Å². The Balaban J connectivity index is 2.32. The van der Waals surface area contributed by atoms with Gasteiger partial charge in [0.1, 0.15) is 11.4 Å². The fraction of sp³-hybridized carbons (Fsp3) is 0.462. The molecule has 20 heavy (non-hydrogen) atoms. The van der Waals surface area contributed by atoms with Crippen LogP contribution in [0.2, 0.25) is 0 Å². The van der Waals surface area contributed by atoms with Gasteiger partial charge in [0.25, 0.3) is 11.6 Å². The van der Waals surface area contributed by atoms with E-state index >= 15 is 0 Å². The second kappa shape index (κ2) is 5.96. The topological polar surface area (TPSA) is 72.7 Å². The number of nitro groups is 1. The van der Waals surface area contributed by atoms with Gasteiger partial charge in [0.05, 0.1) is 11.0 Å². The number of carbonyl (C=O) groups is 1. The van der Waals surface area contributed by atoms with Gasteiger partial charge in [0.15, 0.2) is 0 Å². The van der Waals surface area contributed by atoms with Gasteiger partial charge in [-0.3, -0.25) is 14.9 Å². The molecule has 0 aromatic heterocycles. The molecule has 0 saturated carbocycles. The predicted molar refractivity (Wildman–Crippen MR) is 69.0 cm³/mol. The highest BCUT2D eigenvalue weighted by Gasteiger charge is 2.27. The Hall–Kier alpha value is -2.02. The minimum Gasteiger partial charge on any atom is -0.377 e. The van der Waals surface area contributed by atoms with Crippen LogP contribution >= 0.6 is 0 Å². The molecule has 0 spiro atoms. The van der Waals surface area contributed by atoms with Crippen LogP contribution in [0.1, 0.15) is 23.7 Å². The lowest BCUT2D eigenvalue weighted by Crippen LogP contribution is -2.36. The zero-order valence-electron chi connectivity index (χ0n) is 11.0. The number of benzene rings is 1. The average molecular weight is 282 g/mol. The first-order chi connectivity index (χ1) is 9.49. The summed E-state index contributed by atoms with van der Waals surface area (Å²) in [6.07, 6.45) is 0.508. The summed E-state index contributed by atoms with van der Waals surface area (Å²) in [6, 6.07) is 2.90. The van der Waals surface area contributed by atoms with E-state index in [-0.39, 0.29) is 17.4 Å². The highest BCUT2D eigenvalue weighted by atomic mass is 19.1. The zero-order chi connectivity index (χ0) is 14.7. The molecule has 0 bridgehead atoms. The number of rotatable bonds is 2. The molecule has 1 atom stereocenters. The Morgan fingerprint density at radius 3 is 3.00 bits per heavy atom. The van der Waals surface area contributed by atoms with Crippen molar-refractivity contribution in [2.75, 3.05) is 19.7 Å². The first-order valence-electron chi connectivity index (χ1n) is 6.34. The number of carbonyl (C=O) groups excluding carboxylic acids is 1. The molecule has 1 saturated heterocycles. The summed E-state index contributed by atoms with van der Waals surface area (Å²) in [5.41, 5.74) is -0.599. The van der Waals surface area contributed by atoms with Gasteiger partial charge in [-0.05, 0) is 25.5 Å². The molecule has 2 rings (SSSR count). The molecule has 1 amide bonds. The number of hydrogen-bond donors (Lipinski definition) is 0. The van der Waals surface area contributed by atoms with Crippen molar-refractivity contribution in [3.8, 4) is 0 Å². The van der Waals surface area contributed by atoms with Gasteiger partial charge in [-0.15, -0.1) is 0 Å². The molecular weight excluding hydrogens is 267 g/mol. The van der Waals surface area contributed by atoms with E-state index in [1.807, 2.05) is 6.92 Å². The van der Waals surface area contributed by atoms with Crippen molar-refractivity contribution in [1.29, 1.82) is 0 Å². The standard InChI is InChI=1S/C13H15FN2O4/c1-9-8-15(5-2-6-20-9)13(17)11-7-10(14)3-4-12(11)16(18)19/h3-4,7,9H,2,5-6,8H2,1H3. The fourth-order valence-electron chi connectivity index (χ4n) is 2.19. The van der Waals surface area contributed by atoms with E-state index in [1.54, 1.807) is 0 Å². The van der Waals surface area contributed by atoms with Gasteiger partial charge in [0, 0.05) is 25.8 Å². The second-order valence-electron chi connectivity index (χ2n) is 4.70. The quantitative estimate of drug-likeness (QED) is 0.614. The van der Waals surface area contributed by atoms with Crippen molar-refractivity contribution in [2.24, 2.45) is 0 Å². The smallest absolute Gasteiger partial charge is 0.282 e. The van der Waals surface area contributed by atoms with E-state index in [1.165, 1.54) is 4.90 Å². The predicted octanol–water partition coefficient (Wildman–Crippen LogP) is 1.98. The van der Waals surface area contributed by atoms with Gasteiger partial charge in [-0.2, -0.15) is 0 Å². The molecule has 1 heterocycles. The van der Waals surface area contributed by atoms with Crippen molar-refractivity contribution in [1.82, 2.24) is 4.90 Å². The van der Waals surface area contributed by atoms with Crippen molar-refractivity contribution in [3.63, 3.8) is 0 Å². The van der Waals surface area contributed by atoms with E-state index in [2.05, 4.69) is 0 Å². The Morgan fingerprint density at radius 1 is 1.55 bits per heavy atom. The Morgan fingerprint density at radius 2 is 2.30 bits per heavy atom. The summed E-state index contributed by atoms with van der Waals surface area (Å²) in [5.74, 6) is -1.20. The van der Waals surface area contributed by atoms with Crippen LogP contribution in [-0.4, -0.2) is 41.5 Å². The molecule has 1 unspecified atom stereocenters. The van der Waals surface area contributed by atoms with E-state index in [0.29, 0.717) is 26.1 Å². The molecule has 0 aliphatic carbocycles. The summed E-state index contributed by atoms with van der Waals surface area (Å²) in [6.45, 7) is 3.14. The van der Waals surface area contributed by atoms with Crippen molar-refractivity contribution in [3.05, 3.63) is 39.7 Å². The van der Waals surface area contributed by atoms with Crippen LogP contribution in [0.4, 0.5) is 10.1 Å². The van der Waals surface area contributed by atoms with Crippen molar-refractivity contribution >= 4 is 11.6 Å². The zero-order valence-corrected chi connectivity index (χ0v) is 11.0. The van der Waals surface area contributed by atoms with E-state index in [0.717, 1.165) is 18.2 Å². The van der Waals surface area contributed by atoms with Crippen LogP contribution in [-0.2, 0) is 4.74 Å². The van der Waals surface area contributed by atoms with Gasteiger partial charge in [0.2, 0.25) is 0 Å². The summed E-state index contributed by atoms with van der Waals surface area (Å²) in [5, 5.41) is 10.9. The number of ether oxygens (including phenoxy) is 1. The monoisotopic (exact) mass is 282 g/mol. The van der Waals surface area contributed by atoms with E-state index in [9.17, 15) is 19.3 Å². The van der Waals surface area contributed by atoms with Crippen LogP contribution in [0.5, 0.6) is 0 Å². The second-order valence-corrected chi connectivity index (χ2v) is 4.70. The molecule has 1 aromatic rings. The lowest BCUT2D eigenvalue weighted by molar-refractivity contribution is -0.385. The van der Waals surface area contributed by atoms with Crippen molar-refractivity contribution in [2.45, 2.75) is 19.4 Å². The van der Waals surface area contributed by atoms with Crippen LogP contribution < -0.4 is 0 Å².